The van der Waals surface area contributed by atoms with Crippen LogP contribution in [0.3, 0.4) is 0 Å². The number of amides is 1. The van der Waals surface area contributed by atoms with Gasteiger partial charge in [0.2, 0.25) is 12.7 Å². The molecule has 1 heterocycles. The molecule has 104 valence electrons. The fraction of sp³-hybridized carbons (Fsp3) is 0.500. The second-order valence-corrected chi connectivity index (χ2v) is 4.63. The summed E-state index contributed by atoms with van der Waals surface area (Å²) in [6.45, 7) is 5.68. The van der Waals surface area contributed by atoms with Gasteiger partial charge in [-0.2, -0.15) is 0 Å². The first-order chi connectivity index (χ1) is 9.19. The Morgan fingerprint density at radius 2 is 2.16 bits per heavy atom. The molecule has 1 aliphatic rings. The summed E-state index contributed by atoms with van der Waals surface area (Å²) in [5, 5.41) is 6.12. The van der Waals surface area contributed by atoms with Crippen molar-refractivity contribution < 1.29 is 14.3 Å². The Kier molecular flexibility index (Phi) is 4.63. The molecule has 1 atom stereocenters. The zero-order chi connectivity index (χ0) is 13.7. The predicted octanol–water partition coefficient (Wildman–Crippen LogP) is 1.42. The van der Waals surface area contributed by atoms with Gasteiger partial charge in [0.05, 0.1) is 0 Å². The molecule has 5 nitrogen and oxygen atoms in total. The van der Waals surface area contributed by atoms with Gasteiger partial charge >= 0.3 is 0 Å². The number of rotatable bonds is 6. The monoisotopic (exact) mass is 264 g/mol. The van der Waals surface area contributed by atoms with E-state index < -0.39 is 0 Å². The van der Waals surface area contributed by atoms with E-state index in [0.29, 0.717) is 13.0 Å². The lowest BCUT2D eigenvalue weighted by atomic mass is 10.2. The normalized spacial score (nSPS) is 14.2. The van der Waals surface area contributed by atoms with Crippen LogP contribution in [-0.4, -0.2) is 25.3 Å². The number of fused-ring (bicyclic) bond motifs is 1. The molecule has 19 heavy (non-hydrogen) atoms. The molecule has 5 heteroatoms. The average molecular weight is 264 g/mol. The minimum absolute atomic E-state index is 0.0473. The van der Waals surface area contributed by atoms with Crippen LogP contribution in [0, 0.1) is 0 Å². The zero-order valence-corrected chi connectivity index (χ0v) is 11.4. The van der Waals surface area contributed by atoms with Crippen LogP contribution < -0.4 is 20.1 Å². The van der Waals surface area contributed by atoms with Crippen molar-refractivity contribution >= 4 is 5.91 Å². The quantitative estimate of drug-likeness (QED) is 0.816. The van der Waals surface area contributed by atoms with Crippen LogP contribution in [-0.2, 0) is 11.3 Å². The third kappa shape index (κ3) is 3.86. The SMILES string of the molecule is CCNC(C)CC(=O)NCc1ccc2c(c1)OCO2. The first-order valence-electron chi connectivity index (χ1n) is 6.57. The summed E-state index contributed by atoms with van der Waals surface area (Å²) in [4.78, 5) is 11.7. The maximum atomic E-state index is 11.7. The Bertz CT molecular complexity index is 448. The first kappa shape index (κ1) is 13.7. The van der Waals surface area contributed by atoms with E-state index in [0.717, 1.165) is 23.6 Å². The molecule has 1 amide bonds. The third-order valence-corrected chi connectivity index (χ3v) is 2.97. The summed E-state index contributed by atoms with van der Waals surface area (Å²) < 4.78 is 10.5. The molecular formula is C14H20N2O3. The van der Waals surface area contributed by atoms with E-state index in [1.165, 1.54) is 0 Å². The van der Waals surface area contributed by atoms with Crippen LogP contribution in [0.5, 0.6) is 11.5 Å². The minimum atomic E-state index is 0.0473. The summed E-state index contributed by atoms with van der Waals surface area (Å²) in [7, 11) is 0. The van der Waals surface area contributed by atoms with Crippen molar-refractivity contribution in [3.63, 3.8) is 0 Å². The molecule has 0 saturated heterocycles. The Morgan fingerprint density at radius 3 is 2.95 bits per heavy atom. The number of ether oxygens (including phenoxy) is 2. The van der Waals surface area contributed by atoms with Crippen molar-refractivity contribution in [3.05, 3.63) is 23.8 Å². The molecule has 2 rings (SSSR count). The summed E-state index contributed by atoms with van der Waals surface area (Å²) in [6, 6.07) is 5.89. The number of carbonyl (C=O) groups is 1. The highest BCUT2D eigenvalue weighted by Gasteiger charge is 2.13. The van der Waals surface area contributed by atoms with Crippen molar-refractivity contribution in [2.75, 3.05) is 13.3 Å². The van der Waals surface area contributed by atoms with Gasteiger partial charge in [-0.05, 0) is 31.2 Å². The van der Waals surface area contributed by atoms with Crippen molar-refractivity contribution in [2.24, 2.45) is 0 Å². The van der Waals surface area contributed by atoms with Crippen LogP contribution in [0.25, 0.3) is 0 Å². The van der Waals surface area contributed by atoms with Crippen molar-refractivity contribution in [1.82, 2.24) is 10.6 Å². The lowest BCUT2D eigenvalue weighted by Gasteiger charge is -2.12. The lowest BCUT2D eigenvalue weighted by Crippen LogP contribution is -2.33. The molecule has 0 aliphatic carbocycles. The van der Waals surface area contributed by atoms with Crippen molar-refractivity contribution in [1.29, 1.82) is 0 Å². The van der Waals surface area contributed by atoms with Crippen LogP contribution in [0.15, 0.2) is 18.2 Å². The maximum Gasteiger partial charge on any atom is 0.231 e. The third-order valence-electron chi connectivity index (χ3n) is 2.97. The standard InChI is InChI=1S/C14H20N2O3/c1-3-15-10(2)6-14(17)16-8-11-4-5-12-13(7-11)19-9-18-12/h4-5,7,10,15H,3,6,8-9H2,1-2H3,(H,16,17). The van der Waals surface area contributed by atoms with Crippen LogP contribution >= 0.6 is 0 Å². The second kappa shape index (κ2) is 6.43. The number of hydrogen-bond acceptors (Lipinski definition) is 4. The van der Waals surface area contributed by atoms with Gasteiger partial charge in [-0.25, -0.2) is 0 Å². The molecule has 0 bridgehead atoms. The molecule has 0 saturated carbocycles. The van der Waals surface area contributed by atoms with Crippen LogP contribution in [0.2, 0.25) is 0 Å². The molecule has 1 unspecified atom stereocenters. The van der Waals surface area contributed by atoms with Crippen LogP contribution in [0.1, 0.15) is 25.8 Å². The van der Waals surface area contributed by atoms with E-state index in [1.54, 1.807) is 0 Å². The predicted molar refractivity (Wildman–Crippen MR) is 72.2 cm³/mol. The molecule has 1 aromatic carbocycles. The average Bonchev–Trinajstić information content (AvgIpc) is 2.83. The Labute approximate surface area is 113 Å². The van der Waals surface area contributed by atoms with E-state index in [9.17, 15) is 4.79 Å². The van der Waals surface area contributed by atoms with Gasteiger partial charge in [-0.15, -0.1) is 0 Å². The second-order valence-electron chi connectivity index (χ2n) is 4.63. The van der Waals surface area contributed by atoms with E-state index in [4.69, 9.17) is 9.47 Å². The largest absolute Gasteiger partial charge is 0.454 e. The minimum Gasteiger partial charge on any atom is -0.454 e. The number of carbonyl (C=O) groups excluding carboxylic acids is 1. The van der Waals surface area contributed by atoms with E-state index >= 15 is 0 Å². The van der Waals surface area contributed by atoms with Gasteiger partial charge in [0, 0.05) is 19.0 Å². The van der Waals surface area contributed by atoms with Gasteiger partial charge < -0.3 is 20.1 Å². The zero-order valence-electron chi connectivity index (χ0n) is 11.4. The first-order valence-corrected chi connectivity index (χ1v) is 6.57. The molecule has 2 N–H and O–H groups in total. The summed E-state index contributed by atoms with van der Waals surface area (Å²) in [5.41, 5.74) is 1.01. The van der Waals surface area contributed by atoms with Gasteiger partial charge in [0.15, 0.2) is 11.5 Å². The summed E-state index contributed by atoms with van der Waals surface area (Å²) in [5.74, 6) is 1.55. The Morgan fingerprint density at radius 1 is 1.37 bits per heavy atom. The smallest absolute Gasteiger partial charge is 0.231 e. The highest BCUT2D eigenvalue weighted by Crippen LogP contribution is 2.32. The van der Waals surface area contributed by atoms with Crippen molar-refractivity contribution in [3.8, 4) is 11.5 Å². The van der Waals surface area contributed by atoms with E-state index in [2.05, 4.69) is 10.6 Å². The van der Waals surface area contributed by atoms with E-state index in [-0.39, 0.29) is 18.7 Å². The molecular weight excluding hydrogens is 244 g/mol. The maximum absolute atomic E-state index is 11.7. The van der Waals surface area contributed by atoms with E-state index in [1.807, 2.05) is 32.0 Å². The molecule has 0 radical (unpaired) electrons. The number of benzene rings is 1. The van der Waals surface area contributed by atoms with Crippen LogP contribution in [0.4, 0.5) is 0 Å². The Hall–Kier alpha value is -1.75. The molecule has 0 fully saturated rings. The lowest BCUT2D eigenvalue weighted by molar-refractivity contribution is -0.121. The summed E-state index contributed by atoms with van der Waals surface area (Å²) in [6.07, 6.45) is 0.485. The molecule has 0 aromatic heterocycles. The highest BCUT2D eigenvalue weighted by atomic mass is 16.7. The Balaban J connectivity index is 1.80. The fourth-order valence-corrected chi connectivity index (χ4v) is 2.02. The van der Waals surface area contributed by atoms with Gasteiger partial charge in [-0.3, -0.25) is 4.79 Å². The topological polar surface area (TPSA) is 59.6 Å². The molecule has 1 aliphatic heterocycles. The summed E-state index contributed by atoms with van der Waals surface area (Å²) >= 11 is 0. The number of nitrogens with one attached hydrogen (secondary N) is 2. The fourth-order valence-electron chi connectivity index (χ4n) is 2.02. The highest BCUT2D eigenvalue weighted by molar-refractivity contribution is 5.76. The van der Waals surface area contributed by atoms with Gasteiger partial charge in [0.1, 0.15) is 0 Å². The number of hydrogen-bond donors (Lipinski definition) is 2. The molecule has 0 spiro atoms. The molecule has 1 aromatic rings. The van der Waals surface area contributed by atoms with Gasteiger partial charge in [0.25, 0.3) is 0 Å². The van der Waals surface area contributed by atoms with Crippen molar-refractivity contribution in [2.45, 2.75) is 32.9 Å². The van der Waals surface area contributed by atoms with Gasteiger partial charge in [-0.1, -0.05) is 13.0 Å².